The molecule has 2 aromatic rings. The molecule has 0 atom stereocenters. The fraction of sp³-hybridized carbons (Fsp3) is 0.643. The summed E-state index contributed by atoms with van der Waals surface area (Å²) in [5.41, 5.74) is 0.696. The highest BCUT2D eigenvalue weighted by atomic mass is 32.1. The molecule has 0 unspecified atom stereocenters. The van der Waals surface area contributed by atoms with Crippen molar-refractivity contribution >= 4 is 16.3 Å². The first-order valence-electron chi connectivity index (χ1n) is 7.42. The van der Waals surface area contributed by atoms with Crippen LogP contribution in [0.4, 0.5) is 0 Å². The molecule has 3 heterocycles. The molecule has 0 spiro atoms. The van der Waals surface area contributed by atoms with Crippen LogP contribution >= 0.6 is 11.3 Å². The Kier molecular flexibility index (Phi) is 4.12. The van der Waals surface area contributed by atoms with Gasteiger partial charge < -0.3 is 4.90 Å². The largest absolute Gasteiger partial charge is 0.329 e. The number of aryl methyl sites for hydroxylation is 1. The molecule has 0 bridgehead atoms. The van der Waals surface area contributed by atoms with Gasteiger partial charge >= 0.3 is 0 Å². The number of fused-ring (bicyclic) bond motifs is 1. The Morgan fingerprint density at radius 2 is 1.95 bits per heavy atom. The summed E-state index contributed by atoms with van der Waals surface area (Å²) in [5, 5.41) is 5.46. The van der Waals surface area contributed by atoms with Crippen LogP contribution in [0.5, 0.6) is 0 Å². The predicted octanol–water partition coefficient (Wildman–Crippen LogP) is 0.808. The molecule has 1 fully saturated rings. The number of likely N-dealkylation sites (tertiary alicyclic amines) is 1. The summed E-state index contributed by atoms with van der Waals surface area (Å²) in [5.74, 6) is 0. The lowest BCUT2D eigenvalue weighted by Gasteiger charge is -2.20. The Bertz CT molecular complexity index is 640. The van der Waals surface area contributed by atoms with Gasteiger partial charge in [-0.15, -0.1) is 0 Å². The average Bonchev–Trinajstić information content (AvgIpc) is 2.75. The summed E-state index contributed by atoms with van der Waals surface area (Å²) in [4.78, 5) is 18.6. The van der Waals surface area contributed by atoms with E-state index in [4.69, 9.17) is 0 Å². The zero-order valence-electron chi connectivity index (χ0n) is 11.9. The molecule has 0 saturated carbocycles. The quantitative estimate of drug-likeness (QED) is 0.891. The maximum Gasteiger partial charge on any atom is 0.275 e. The highest BCUT2D eigenvalue weighted by molar-refractivity contribution is 7.16. The molecule has 5 nitrogen and oxygen atoms in total. The van der Waals surface area contributed by atoms with E-state index in [1.165, 1.54) is 49.7 Å². The lowest BCUT2D eigenvalue weighted by molar-refractivity contribution is -0.914. The van der Waals surface area contributed by atoms with Crippen LogP contribution in [0, 0.1) is 6.92 Å². The van der Waals surface area contributed by atoms with Gasteiger partial charge in [0.1, 0.15) is 6.54 Å². The van der Waals surface area contributed by atoms with Crippen molar-refractivity contribution in [2.45, 2.75) is 45.6 Å². The smallest absolute Gasteiger partial charge is 0.275 e. The number of nitrogens with zero attached hydrogens (tertiary/aromatic N) is 3. The van der Waals surface area contributed by atoms with Crippen LogP contribution in [-0.2, 0) is 6.54 Å². The summed E-state index contributed by atoms with van der Waals surface area (Å²) in [6.07, 6.45) is 6.69. The fourth-order valence-corrected chi connectivity index (χ4v) is 3.84. The Morgan fingerprint density at radius 3 is 2.70 bits per heavy atom. The Hall–Kier alpha value is -1.27. The van der Waals surface area contributed by atoms with Crippen LogP contribution in [-0.4, -0.2) is 27.7 Å². The number of nitrogens with one attached hydrogen (secondary N) is 1. The molecule has 1 N–H and O–H groups in total. The maximum atomic E-state index is 11.9. The minimum Gasteiger partial charge on any atom is -0.329 e. The zero-order valence-corrected chi connectivity index (χ0v) is 12.7. The van der Waals surface area contributed by atoms with E-state index in [2.05, 4.69) is 10.1 Å². The normalized spacial score (nSPS) is 18.1. The minimum absolute atomic E-state index is 0.0716. The monoisotopic (exact) mass is 293 g/mol. The fourth-order valence-electron chi connectivity index (χ4n) is 2.83. The van der Waals surface area contributed by atoms with Crippen molar-refractivity contribution in [2.24, 2.45) is 0 Å². The second-order valence-electron chi connectivity index (χ2n) is 5.62. The lowest BCUT2D eigenvalue weighted by Crippen LogP contribution is -3.10. The van der Waals surface area contributed by atoms with Gasteiger partial charge in [-0.25, -0.2) is 4.98 Å². The summed E-state index contributed by atoms with van der Waals surface area (Å²) >= 11 is 1.55. The Morgan fingerprint density at radius 1 is 1.25 bits per heavy atom. The van der Waals surface area contributed by atoms with E-state index in [1.54, 1.807) is 22.3 Å². The molecule has 108 valence electrons. The van der Waals surface area contributed by atoms with E-state index >= 15 is 0 Å². The van der Waals surface area contributed by atoms with Gasteiger partial charge in [0.15, 0.2) is 5.01 Å². The van der Waals surface area contributed by atoms with Gasteiger partial charge in [0.25, 0.3) is 5.56 Å². The van der Waals surface area contributed by atoms with Gasteiger partial charge in [-0.05, 0) is 32.6 Å². The van der Waals surface area contributed by atoms with Gasteiger partial charge in [0.05, 0.1) is 13.1 Å². The molecule has 2 aromatic heterocycles. The molecule has 1 saturated heterocycles. The van der Waals surface area contributed by atoms with E-state index < -0.39 is 0 Å². The first-order chi connectivity index (χ1) is 9.72. The molecule has 0 aromatic carbocycles. The Balaban J connectivity index is 1.79. The molecular formula is C14H21N4OS+. The topological polar surface area (TPSA) is 51.7 Å². The molecule has 1 aliphatic heterocycles. The van der Waals surface area contributed by atoms with Gasteiger partial charge in [-0.1, -0.05) is 17.8 Å². The van der Waals surface area contributed by atoms with E-state index in [9.17, 15) is 4.79 Å². The van der Waals surface area contributed by atoms with Crippen molar-refractivity contribution in [3.05, 3.63) is 27.1 Å². The minimum atomic E-state index is -0.0716. The number of aromatic nitrogens is 3. The molecule has 0 amide bonds. The standard InChI is InChI=1S/C14H20N4OS/c1-11-9-13(19)18-14(15-11)20-12(16-18)10-17-7-5-3-2-4-6-8-17/h9H,2-8,10H2,1H3/p+1. The molecule has 3 rings (SSSR count). The van der Waals surface area contributed by atoms with Crippen LogP contribution in [0.1, 0.15) is 42.8 Å². The van der Waals surface area contributed by atoms with Gasteiger partial charge in [-0.2, -0.15) is 9.61 Å². The number of quaternary nitrogens is 1. The van der Waals surface area contributed by atoms with Gasteiger partial charge in [0.2, 0.25) is 4.96 Å². The summed E-state index contributed by atoms with van der Waals surface area (Å²) in [6.45, 7) is 5.21. The van der Waals surface area contributed by atoms with Gasteiger partial charge in [-0.3, -0.25) is 4.79 Å². The molecule has 1 aliphatic rings. The third kappa shape index (κ3) is 3.07. The molecular weight excluding hydrogens is 272 g/mol. The summed E-state index contributed by atoms with van der Waals surface area (Å²) in [7, 11) is 0. The first kappa shape index (κ1) is 13.7. The Labute approximate surface area is 122 Å². The average molecular weight is 293 g/mol. The van der Waals surface area contributed by atoms with E-state index in [0.29, 0.717) is 0 Å². The summed E-state index contributed by atoms with van der Waals surface area (Å²) in [6, 6.07) is 1.54. The predicted molar refractivity (Wildman–Crippen MR) is 79.4 cm³/mol. The third-order valence-corrected chi connectivity index (χ3v) is 4.79. The van der Waals surface area contributed by atoms with Crippen LogP contribution < -0.4 is 10.5 Å². The third-order valence-electron chi connectivity index (χ3n) is 3.88. The summed E-state index contributed by atoms with van der Waals surface area (Å²) < 4.78 is 1.44. The zero-order chi connectivity index (χ0) is 13.9. The van der Waals surface area contributed by atoms with Crippen molar-refractivity contribution in [1.82, 2.24) is 14.6 Å². The number of hydrogen-bond donors (Lipinski definition) is 1. The lowest BCUT2D eigenvalue weighted by atomic mass is 10.1. The molecule has 6 heteroatoms. The van der Waals surface area contributed by atoms with Crippen LogP contribution in [0.25, 0.3) is 4.96 Å². The second kappa shape index (κ2) is 6.01. The van der Waals surface area contributed by atoms with Crippen LogP contribution in [0.3, 0.4) is 0 Å². The van der Waals surface area contributed by atoms with Crippen molar-refractivity contribution in [3.8, 4) is 0 Å². The SMILES string of the molecule is Cc1cc(=O)n2nc(C[NH+]3CCCCCCC3)sc2n1. The number of hydrogen-bond acceptors (Lipinski definition) is 4. The van der Waals surface area contributed by atoms with Crippen molar-refractivity contribution in [2.75, 3.05) is 13.1 Å². The maximum absolute atomic E-state index is 11.9. The highest BCUT2D eigenvalue weighted by Gasteiger charge is 2.15. The van der Waals surface area contributed by atoms with E-state index in [-0.39, 0.29) is 5.56 Å². The van der Waals surface area contributed by atoms with Crippen molar-refractivity contribution in [3.63, 3.8) is 0 Å². The number of rotatable bonds is 2. The van der Waals surface area contributed by atoms with Crippen molar-refractivity contribution < 1.29 is 4.90 Å². The molecule has 0 aliphatic carbocycles. The second-order valence-corrected chi connectivity index (χ2v) is 6.66. The first-order valence-corrected chi connectivity index (χ1v) is 8.24. The van der Waals surface area contributed by atoms with E-state index in [1.807, 2.05) is 6.92 Å². The highest BCUT2D eigenvalue weighted by Crippen LogP contribution is 2.10. The van der Waals surface area contributed by atoms with Crippen molar-refractivity contribution in [1.29, 1.82) is 0 Å². The van der Waals surface area contributed by atoms with E-state index in [0.717, 1.165) is 22.2 Å². The molecule has 0 radical (unpaired) electrons. The van der Waals surface area contributed by atoms with Crippen LogP contribution in [0.15, 0.2) is 10.9 Å². The van der Waals surface area contributed by atoms with Crippen LogP contribution in [0.2, 0.25) is 0 Å². The molecule has 20 heavy (non-hydrogen) atoms. The van der Waals surface area contributed by atoms with Gasteiger partial charge in [0, 0.05) is 11.8 Å².